The predicted molar refractivity (Wildman–Crippen MR) is 106 cm³/mol. The summed E-state index contributed by atoms with van der Waals surface area (Å²) in [6, 6.07) is -0.570. The number of carbonyl (C=O) groups is 3. The SMILES string of the molecule is CCCCOC(=O)[C@H](C(C)C)N1CC[C@@]2(CCN(C(=O)OC(C)(C)C)C2)C1=O. The first-order valence-corrected chi connectivity index (χ1v) is 10.5. The van der Waals surface area contributed by atoms with E-state index in [2.05, 4.69) is 0 Å². The topological polar surface area (TPSA) is 76.2 Å². The molecule has 1 spiro atoms. The maximum Gasteiger partial charge on any atom is 0.410 e. The molecule has 28 heavy (non-hydrogen) atoms. The summed E-state index contributed by atoms with van der Waals surface area (Å²) in [7, 11) is 0. The molecule has 0 bridgehead atoms. The minimum atomic E-state index is -0.603. The van der Waals surface area contributed by atoms with Crippen molar-refractivity contribution >= 4 is 18.0 Å². The van der Waals surface area contributed by atoms with Crippen molar-refractivity contribution in [3.8, 4) is 0 Å². The highest BCUT2D eigenvalue weighted by molar-refractivity contribution is 5.91. The monoisotopic (exact) mass is 396 g/mol. The van der Waals surface area contributed by atoms with Crippen LogP contribution in [-0.4, -0.2) is 65.7 Å². The zero-order valence-corrected chi connectivity index (χ0v) is 18.2. The first kappa shape index (κ1) is 22.5. The van der Waals surface area contributed by atoms with E-state index in [1.165, 1.54) is 0 Å². The van der Waals surface area contributed by atoms with Crippen molar-refractivity contribution in [2.45, 2.75) is 78.9 Å². The van der Waals surface area contributed by atoms with Gasteiger partial charge in [0, 0.05) is 19.6 Å². The maximum atomic E-state index is 13.3. The fourth-order valence-electron chi connectivity index (χ4n) is 4.01. The van der Waals surface area contributed by atoms with Gasteiger partial charge in [-0.15, -0.1) is 0 Å². The molecule has 0 aromatic heterocycles. The molecule has 2 amide bonds. The summed E-state index contributed by atoms with van der Waals surface area (Å²) in [5.41, 5.74) is -1.17. The molecule has 0 N–H and O–H groups in total. The van der Waals surface area contributed by atoms with Crippen LogP contribution in [0.15, 0.2) is 0 Å². The van der Waals surface area contributed by atoms with E-state index in [1.54, 1.807) is 9.80 Å². The molecule has 2 saturated heterocycles. The van der Waals surface area contributed by atoms with Gasteiger partial charge in [0.2, 0.25) is 5.91 Å². The van der Waals surface area contributed by atoms with Crippen molar-refractivity contribution in [3.63, 3.8) is 0 Å². The zero-order chi connectivity index (χ0) is 21.1. The molecule has 2 rings (SSSR count). The molecule has 160 valence electrons. The van der Waals surface area contributed by atoms with Gasteiger partial charge in [0.05, 0.1) is 12.0 Å². The molecule has 2 heterocycles. The Morgan fingerprint density at radius 3 is 2.39 bits per heavy atom. The van der Waals surface area contributed by atoms with E-state index in [4.69, 9.17) is 9.47 Å². The highest BCUT2D eigenvalue weighted by atomic mass is 16.6. The van der Waals surface area contributed by atoms with Gasteiger partial charge < -0.3 is 19.3 Å². The van der Waals surface area contributed by atoms with Crippen LogP contribution >= 0.6 is 0 Å². The van der Waals surface area contributed by atoms with Gasteiger partial charge in [-0.1, -0.05) is 27.2 Å². The van der Waals surface area contributed by atoms with Crippen LogP contribution in [-0.2, 0) is 19.1 Å². The quantitative estimate of drug-likeness (QED) is 0.509. The predicted octanol–water partition coefficient (Wildman–Crippen LogP) is 3.21. The van der Waals surface area contributed by atoms with E-state index >= 15 is 0 Å². The number of likely N-dealkylation sites (tertiary alicyclic amines) is 2. The molecule has 0 aromatic rings. The fourth-order valence-corrected chi connectivity index (χ4v) is 4.01. The van der Waals surface area contributed by atoms with Gasteiger partial charge in [-0.2, -0.15) is 0 Å². The third kappa shape index (κ3) is 4.97. The third-order valence-corrected chi connectivity index (χ3v) is 5.50. The Bertz CT molecular complexity index is 598. The van der Waals surface area contributed by atoms with Crippen LogP contribution in [0.5, 0.6) is 0 Å². The number of rotatable bonds is 6. The van der Waals surface area contributed by atoms with Crippen LogP contribution in [0.4, 0.5) is 4.79 Å². The highest BCUT2D eigenvalue weighted by Gasteiger charge is 2.54. The maximum absolute atomic E-state index is 13.3. The number of unbranched alkanes of at least 4 members (excludes halogenated alkanes) is 1. The summed E-state index contributed by atoms with van der Waals surface area (Å²) in [5, 5.41) is 0. The highest BCUT2D eigenvalue weighted by Crippen LogP contribution is 2.42. The van der Waals surface area contributed by atoms with E-state index in [0.717, 1.165) is 12.8 Å². The summed E-state index contributed by atoms with van der Waals surface area (Å²) in [5.74, 6) is -0.392. The molecule has 0 aliphatic carbocycles. The van der Waals surface area contributed by atoms with Gasteiger partial charge in [-0.05, 0) is 46.0 Å². The Labute approximate surface area is 168 Å². The molecule has 7 heteroatoms. The Kier molecular flexibility index (Phi) is 6.99. The standard InChI is InChI=1S/C21H36N2O5/c1-7-8-13-27-17(24)16(15(2)3)23-12-10-21(18(23)25)9-11-22(14-21)19(26)28-20(4,5)6/h15-16H,7-14H2,1-6H3/t16-,21+/m0/s1. The van der Waals surface area contributed by atoms with Gasteiger partial charge in [0.1, 0.15) is 11.6 Å². The first-order valence-electron chi connectivity index (χ1n) is 10.5. The zero-order valence-electron chi connectivity index (χ0n) is 18.2. The second kappa shape index (κ2) is 8.70. The normalized spacial score (nSPS) is 23.6. The van der Waals surface area contributed by atoms with Gasteiger partial charge in [-0.3, -0.25) is 4.79 Å². The second-order valence-corrected chi connectivity index (χ2v) is 9.39. The molecule has 0 aromatic carbocycles. The lowest BCUT2D eigenvalue weighted by Gasteiger charge is -2.31. The first-order chi connectivity index (χ1) is 13.0. The van der Waals surface area contributed by atoms with Gasteiger partial charge in [-0.25, -0.2) is 9.59 Å². The molecule has 2 fully saturated rings. The van der Waals surface area contributed by atoms with Crippen LogP contribution < -0.4 is 0 Å². The lowest BCUT2D eigenvalue weighted by Crippen LogP contribution is -2.49. The molecule has 2 aliphatic rings. The molecule has 0 unspecified atom stereocenters. The van der Waals surface area contributed by atoms with Crippen LogP contribution in [0.2, 0.25) is 0 Å². The number of hydrogen-bond donors (Lipinski definition) is 0. The molecular weight excluding hydrogens is 360 g/mol. The van der Waals surface area contributed by atoms with Crippen molar-refractivity contribution in [3.05, 3.63) is 0 Å². The van der Waals surface area contributed by atoms with Crippen LogP contribution in [0.1, 0.15) is 67.2 Å². The number of amides is 2. The lowest BCUT2D eigenvalue weighted by molar-refractivity contribution is -0.157. The van der Waals surface area contributed by atoms with E-state index in [1.807, 2.05) is 41.5 Å². The van der Waals surface area contributed by atoms with E-state index in [0.29, 0.717) is 39.1 Å². The lowest BCUT2D eigenvalue weighted by atomic mass is 9.85. The smallest absolute Gasteiger partial charge is 0.410 e. The van der Waals surface area contributed by atoms with Crippen molar-refractivity contribution in [1.29, 1.82) is 0 Å². The van der Waals surface area contributed by atoms with Crippen molar-refractivity contribution in [2.75, 3.05) is 26.2 Å². The third-order valence-electron chi connectivity index (χ3n) is 5.50. The molecule has 0 radical (unpaired) electrons. The Morgan fingerprint density at radius 1 is 1.18 bits per heavy atom. The van der Waals surface area contributed by atoms with Crippen molar-refractivity contribution in [2.24, 2.45) is 11.3 Å². The Balaban J connectivity index is 2.06. The van der Waals surface area contributed by atoms with Crippen LogP contribution in [0.3, 0.4) is 0 Å². The number of ether oxygens (including phenoxy) is 2. The molecule has 2 aliphatic heterocycles. The molecule has 0 saturated carbocycles. The second-order valence-electron chi connectivity index (χ2n) is 9.39. The summed E-state index contributed by atoms with van der Waals surface area (Å²) in [4.78, 5) is 41.6. The molecule has 7 nitrogen and oxygen atoms in total. The summed E-state index contributed by atoms with van der Waals surface area (Å²) < 4.78 is 10.9. The van der Waals surface area contributed by atoms with Crippen molar-refractivity contribution in [1.82, 2.24) is 9.80 Å². The molecule has 2 atom stereocenters. The van der Waals surface area contributed by atoms with Crippen LogP contribution in [0.25, 0.3) is 0 Å². The summed E-state index contributed by atoms with van der Waals surface area (Å²) >= 11 is 0. The van der Waals surface area contributed by atoms with E-state index in [9.17, 15) is 14.4 Å². The molecular formula is C21H36N2O5. The van der Waals surface area contributed by atoms with E-state index in [-0.39, 0.29) is 23.9 Å². The van der Waals surface area contributed by atoms with Crippen molar-refractivity contribution < 1.29 is 23.9 Å². The Morgan fingerprint density at radius 2 is 1.82 bits per heavy atom. The van der Waals surface area contributed by atoms with Gasteiger partial charge in [0.25, 0.3) is 0 Å². The summed E-state index contributed by atoms with van der Waals surface area (Å²) in [6.07, 6.45) is 2.65. The minimum Gasteiger partial charge on any atom is -0.464 e. The largest absolute Gasteiger partial charge is 0.464 e. The average Bonchev–Trinajstić information content (AvgIpc) is 3.14. The van der Waals surface area contributed by atoms with Crippen LogP contribution in [0, 0.1) is 11.3 Å². The fraction of sp³-hybridized carbons (Fsp3) is 0.857. The van der Waals surface area contributed by atoms with Gasteiger partial charge >= 0.3 is 12.1 Å². The number of carbonyl (C=O) groups excluding carboxylic acids is 3. The van der Waals surface area contributed by atoms with E-state index < -0.39 is 17.1 Å². The van der Waals surface area contributed by atoms with Gasteiger partial charge in [0.15, 0.2) is 0 Å². The number of hydrogen-bond acceptors (Lipinski definition) is 5. The number of nitrogens with zero attached hydrogens (tertiary/aromatic N) is 2. The Hall–Kier alpha value is -1.79. The average molecular weight is 397 g/mol. The minimum absolute atomic E-state index is 0.0309. The summed E-state index contributed by atoms with van der Waals surface area (Å²) in [6.45, 7) is 13.2. The number of esters is 1.